The first-order valence-corrected chi connectivity index (χ1v) is 11.8. The molecule has 0 spiro atoms. The van der Waals surface area contributed by atoms with E-state index in [4.69, 9.17) is 16.1 Å². The highest BCUT2D eigenvalue weighted by atomic mass is 19.1. The Bertz CT molecular complexity index is 1280. The van der Waals surface area contributed by atoms with Crippen molar-refractivity contribution in [1.82, 2.24) is 9.88 Å². The van der Waals surface area contributed by atoms with Gasteiger partial charge < -0.3 is 21.1 Å². The molecular formula is C27H29FN4O2. The van der Waals surface area contributed by atoms with Gasteiger partial charge in [0.25, 0.3) is 0 Å². The number of hydrogen-bond acceptors (Lipinski definition) is 5. The number of β-amino-alcohol motifs (C(OH)–C–C–N with tert-alkyl or cyclic N) is 1. The van der Waals surface area contributed by atoms with E-state index in [1.807, 2.05) is 6.07 Å². The summed E-state index contributed by atoms with van der Waals surface area (Å²) in [6, 6.07) is 10.2. The molecule has 0 radical (unpaired) electrons. The number of amides is 1. The van der Waals surface area contributed by atoms with Gasteiger partial charge in [0.2, 0.25) is 5.91 Å². The lowest BCUT2D eigenvalue weighted by molar-refractivity contribution is -0.149. The zero-order valence-corrected chi connectivity index (χ0v) is 19.4. The van der Waals surface area contributed by atoms with Crippen LogP contribution in [0, 0.1) is 17.1 Å². The fourth-order valence-electron chi connectivity index (χ4n) is 5.26. The van der Waals surface area contributed by atoms with Crippen LogP contribution in [0.25, 0.3) is 22.0 Å². The van der Waals surface area contributed by atoms with Crippen molar-refractivity contribution in [3.63, 3.8) is 0 Å². The van der Waals surface area contributed by atoms with Gasteiger partial charge in [-0.15, -0.1) is 0 Å². The van der Waals surface area contributed by atoms with Crippen LogP contribution in [0.3, 0.4) is 0 Å². The van der Waals surface area contributed by atoms with E-state index >= 15 is 0 Å². The standard InChI is InChI=1S/C27H29FN4O2/c1-14(2)24-25(15-3-5-19(28)6-4-15)21-9-18(11-29)22(30)10-23(21)31-26(24)16-7-17(8-16)27(34)32-12-20(33)13-32/h3-6,9-11,14,16-17,20,29,33H,7-8,12-13,30H2,1-2H3. The molecule has 1 saturated heterocycles. The minimum atomic E-state index is -0.399. The van der Waals surface area contributed by atoms with Crippen LogP contribution in [-0.2, 0) is 4.79 Å². The number of nitrogen functional groups attached to an aromatic ring is 1. The summed E-state index contributed by atoms with van der Waals surface area (Å²) in [6.45, 7) is 5.09. The Morgan fingerprint density at radius 1 is 1.24 bits per heavy atom. The van der Waals surface area contributed by atoms with Gasteiger partial charge in [-0.05, 0) is 59.7 Å². The summed E-state index contributed by atoms with van der Waals surface area (Å²) >= 11 is 0. The van der Waals surface area contributed by atoms with E-state index in [-0.39, 0.29) is 29.5 Å². The van der Waals surface area contributed by atoms with Crippen LogP contribution in [0.1, 0.15) is 55.3 Å². The molecule has 34 heavy (non-hydrogen) atoms. The number of rotatable bonds is 5. The third kappa shape index (κ3) is 3.74. The highest BCUT2D eigenvalue weighted by molar-refractivity contribution is 6.02. The van der Waals surface area contributed by atoms with Crippen molar-refractivity contribution in [1.29, 1.82) is 5.41 Å². The monoisotopic (exact) mass is 460 g/mol. The highest BCUT2D eigenvalue weighted by Crippen LogP contribution is 2.48. The summed E-state index contributed by atoms with van der Waals surface area (Å²) in [5.41, 5.74) is 12.0. The molecule has 1 aliphatic heterocycles. The number of pyridine rings is 1. The molecule has 0 bridgehead atoms. The maximum atomic E-state index is 13.8. The Labute approximate surface area is 198 Å². The van der Waals surface area contributed by atoms with Crippen molar-refractivity contribution >= 4 is 28.7 Å². The Kier molecular flexibility index (Phi) is 5.60. The number of aliphatic hydroxyl groups is 1. The van der Waals surface area contributed by atoms with Crippen molar-refractivity contribution in [2.24, 2.45) is 5.92 Å². The van der Waals surface area contributed by atoms with Gasteiger partial charge in [0, 0.05) is 53.5 Å². The summed E-state index contributed by atoms with van der Waals surface area (Å²) in [6.07, 6.45) is 2.28. The van der Waals surface area contributed by atoms with Crippen molar-refractivity contribution < 1.29 is 14.3 Å². The third-order valence-corrected chi connectivity index (χ3v) is 7.17. The van der Waals surface area contributed by atoms with Gasteiger partial charge in [-0.3, -0.25) is 9.78 Å². The minimum Gasteiger partial charge on any atom is -0.398 e. The van der Waals surface area contributed by atoms with Gasteiger partial charge in [0.15, 0.2) is 0 Å². The smallest absolute Gasteiger partial charge is 0.225 e. The molecule has 176 valence electrons. The predicted molar refractivity (Wildman–Crippen MR) is 132 cm³/mol. The quantitative estimate of drug-likeness (QED) is 0.387. The molecule has 2 aliphatic rings. The van der Waals surface area contributed by atoms with Gasteiger partial charge in [-0.25, -0.2) is 4.39 Å². The lowest BCUT2D eigenvalue weighted by Gasteiger charge is -2.43. The number of hydrogen-bond donors (Lipinski definition) is 3. The molecule has 3 aromatic rings. The second kappa shape index (κ2) is 8.47. The number of halogens is 1. The van der Waals surface area contributed by atoms with Gasteiger partial charge in [-0.1, -0.05) is 26.0 Å². The van der Waals surface area contributed by atoms with Crippen molar-refractivity contribution in [2.75, 3.05) is 18.8 Å². The number of fused-ring (bicyclic) bond motifs is 1. The molecule has 0 atom stereocenters. The Hall–Kier alpha value is -3.32. The number of nitrogens with two attached hydrogens (primary N) is 1. The van der Waals surface area contributed by atoms with E-state index < -0.39 is 6.10 Å². The lowest BCUT2D eigenvalue weighted by Crippen LogP contribution is -2.56. The molecule has 1 aliphatic carbocycles. The first-order chi connectivity index (χ1) is 16.3. The summed E-state index contributed by atoms with van der Waals surface area (Å²) < 4.78 is 13.8. The number of anilines is 1. The number of benzene rings is 2. The molecule has 1 saturated carbocycles. The third-order valence-electron chi connectivity index (χ3n) is 7.17. The summed E-state index contributed by atoms with van der Waals surface area (Å²) in [5, 5.41) is 18.2. The molecule has 6 nitrogen and oxygen atoms in total. The van der Waals surface area contributed by atoms with Crippen LogP contribution in [-0.4, -0.2) is 46.3 Å². The van der Waals surface area contributed by atoms with Gasteiger partial charge in [0.1, 0.15) is 5.82 Å². The van der Waals surface area contributed by atoms with E-state index in [2.05, 4.69) is 13.8 Å². The fourth-order valence-corrected chi connectivity index (χ4v) is 5.26. The van der Waals surface area contributed by atoms with Crippen LogP contribution in [0.5, 0.6) is 0 Å². The summed E-state index contributed by atoms with van der Waals surface area (Å²) in [7, 11) is 0. The van der Waals surface area contributed by atoms with E-state index in [9.17, 15) is 14.3 Å². The second-order valence-electron chi connectivity index (χ2n) is 9.85. The zero-order valence-electron chi connectivity index (χ0n) is 19.4. The highest BCUT2D eigenvalue weighted by Gasteiger charge is 2.42. The SMILES string of the molecule is CC(C)c1c(C2CC(C(=O)N3CC(O)C3)C2)nc2cc(N)c(C=N)cc2c1-c1ccc(F)cc1. The second-order valence-corrected chi connectivity index (χ2v) is 9.85. The molecule has 2 fully saturated rings. The molecule has 2 aromatic carbocycles. The molecule has 2 heterocycles. The van der Waals surface area contributed by atoms with E-state index in [1.54, 1.807) is 23.1 Å². The van der Waals surface area contributed by atoms with Crippen LogP contribution >= 0.6 is 0 Å². The van der Waals surface area contributed by atoms with Crippen LogP contribution in [0.4, 0.5) is 10.1 Å². The van der Waals surface area contributed by atoms with Crippen molar-refractivity contribution in [2.45, 2.75) is 44.6 Å². The molecular weight excluding hydrogens is 431 g/mol. The van der Waals surface area contributed by atoms with Gasteiger partial charge in [-0.2, -0.15) is 0 Å². The summed E-state index contributed by atoms with van der Waals surface area (Å²) in [5.74, 6) is 0.0639. The van der Waals surface area contributed by atoms with Gasteiger partial charge >= 0.3 is 0 Å². The average Bonchev–Trinajstić information content (AvgIpc) is 2.75. The Morgan fingerprint density at radius 3 is 2.50 bits per heavy atom. The molecule has 1 aromatic heterocycles. The molecule has 4 N–H and O–H groups in total. The lowest BCUT2D eigenvalue weighted by atomic mass is 9.69. The number of aromatic nitrogens is 1. The molecule has 7 heteroatoms. The molecule has 1 amide bonds. The normalized spacial score (nSPS) is 20.3. The van der Waals surface area contributed by atoms with Crippen molar-refractivity contribution in [3.8, 4) is 11.1 Å². The Morgan fingerprint density at radius 2 is 1.91 bits per heavy atom. The number of nitrogens with zero attached hydrogens (tertiary/aromatic N) is 2. The number of carbonyl (C=O) groups is 1. The largest absolute Gasteiger partial charge is 0.398 e. The summed E-state index contributed by atoms with van der Waals surface area (Å²) in [4.78, 5) is 19.5. The topological polar surface area (TPSA) is 103 Å². The maximum absolute atomic E-state index is 13.8. The van der Waals surface area contributed by atoms with E-state index in [1.165, 1.54) is 18.3 Å². The number of nitrogens with one attached hydrogen (secondary N) is 1. The Balaban J connectivity index is 1.62. The van der Waals surface area contributed by atoms with Crippen molar-refractivity contribution in [3.05, 3.63) is 59.0 Å². The first-order valence-electron chi connectivity index (χ1n) is 11.8. The van der Waals surface area contributed by atoms with Crippen LogP contribution in [0.15, 0.2) is 36.4 Å². The number of carbonyl (C=O) groups excluding carboxylic acids is 1. The fraction of sp³-hybridized carbons (Fsp3) is 0.370. The van der Waals surface area contributed by atoms with Crippen LogP contribution in [0.2, 0.25) is 0 Å². The minimum absolute atomic E-state index is 0.0466. The number of likely N-dealkylation sites (tertiary alicyclic amines) is 1. The first kappa shape index (κ1) is 22.5. The van der Waals surface area contributed by atoms with Crippen LogP contribution < -0.4 is 5.73 Å². The maximum Gasteiger partial charge on any atom is 0.225 e. The van der Waals surface area contributed by atoms with E-state index in [0.717, 1.165) is 46.1 Å². The van der Waals surface area contributed by atoms with Gasteiger partial charge in [0.05, 0.1) is 11.6 Å². The number of aliphatic hydroxyl groups excluding tert-OH is 1. The predicted octanol–water partition coefficient (Wildman–Crippen LogP) is 4.44. The molecule has 0 unspecified atom stereocenters. The van der Waals surface area contributed by atoms with E-state index in [0.29, 0.717) is 24.3 Å². The average molecular weight is 461 g/mol. The molecule has 5 rings (SSSR count). The zero-order chi connectivity index (χ0) is 24.1.